The van der Waals surface area contributed by atoms with Crippen molar-refractivity contribution in [2.45, 2.75) is 19.9 Å². The van der Waals surface area contributed by atoms with Gasteiger partial charge in [-0.2, -0.15) is 0 Å². The Morgan fingerprint density at radius 1 is 1.23 bits per heavy atom. The van der Waals surface area contributed by atoms with Crippen molar-refractivity contribution in [3.63, 3.8) is 0 Å². The van der Waals surface area contributed by atoms with Crippen molar-refractivity contribution in [1.29, 1.82) is 0 Å². The Kier molecular flexibility index (Phi) is 6.06. The summed E-state index contributed by atoms with van der Waals surface area (Å²) in [5.74, 6) is 0.417. The molecule has 0 saturated heterocycles. The Morgan fingerprint density at radius 2 is 1.97 bits per heavy atom. The van der Waals surface area contributed by atoms with Gasteiger partial charge in [-0.05, 0) is 43.7 Å². The third kappa shape index (κ3) is 4.19. The molecule has 0 aliphatic rings. The summed E-state index contributed by atoms with van der Waals surface area (Å²) in [4.78, 5) is 31.1. The molecular formula is C23H20ClN3O3S. The minimum atomic E-state index is -0.770. The number of anilines is 1. The highest BCUT2D eigenvalue weighted by Crippen LogP contribution is 2.32. The predicted molar refractivity (Wildman–Crippen MR) is 125 cm³/mol. The average Bonchev–Trinajstić information content (AvgIpc) is 3.21. The quantitative estimate of drug-likeness (QED) is 0.425. The topological polar surface area (TPSA) is 73.2 Å². The second-order valence-electron chi connectivity index (χ2n) is 6.89. The third-order valence-electron chi connectivity index (χ3n) is 4.92. The first-order valence-electron chi connectivity index (χ1n) is 9.76. The summed E-state index contributed by atoms with van der Waals surface area (Å²) >= 11 is 7.53. The van der Waals surface area contributed by atoms with E-state index in [-0.39, 0.29) is 11.5 Å². The van der Waals surface area contributed by atoms with Gasteiger partial charge in [0.1, 0.15) is 16.6 Å². The standard InChI is InChI=1S/C23H20ClN3O3S/c1-3-30-16-10-8-15(9-11-16)17-12-31-22-20(17)23(29)27(13-25-22)14(2)21(28)26-19-7-5-4-6-18(19)24/h4-14H,3H2,1-2H3,(H,26,28). The molecule has 0 spiro atoms. The number of benzene rings is 2. The lowest BCUT2D eigenvalue weighted by Crippen LogP contribution is -2.31. The zero-order chi connectivity index (χ0) is 22.0. The van der Waals surface area contributed by atoms with Gasteiger partial charge in [0.25, 0.3) is 5.56 Å². The Balaban J connectivity index is 1.69. The number of rotatable bonds is 6. The van der Waals surface area contributed by atoms with Crippen LogP contribution >= 0.6 is 22.9 Å². The number of hydrogen-bond acceptors (Lipinski definition) is 5. The van der Waals surface area contributed by atoms with Crippen LogP contribution in [0.3, 0.4) is 0 Å². The minimum Gasteiger partial charge on any atom is -0.494 e. The number of hydrogen-bond donors (Lipinski definition) is 1. The van der Waals surface area contributed by atoms with Crippen LogP contribution in [0.1, 0.15) is 19.9 Å². The van der Waals surface area contributed by atoms with E-state index < -0.39 is 6.04 Å². The van der Waals surface area contributed by atoms with Gasteiger partial charge in [-0.15, -0.1) is 11.3 Å². The first kappa shape index (κ1) is 21.1. The minimum absolute atomic E-state index is 0.267. The second kappa shape index (κ2) is 8.91. The zero-order valence-corrected chi connectivity index (χ0v) is 18.5. The van der Waals surface area contributed by atoms with Crippen LogP contribution in [0.2, 0.25) is 5.02 Å². The molecule has 4 aromatic rings. The Labute approximate surface area is 188 Å². The molecule has 2 heterocycles. The van der Waals surface area contributed by atoms with Crippen molar-refractivity contribution < 1.29 is 9.53 Å². The van der Waals surface area contributed by atoms with Crippen LogP contribution in [0.5, 0.6) is 5.75 Å². The number of ether oxygens (including phenoxy) is 1. The third-order valence-corrected chi connectivity index (χ3v) is 6.14. The molecule has 4 rings (SSSR count). The molecular weight excluding hydrogens is 434 g/mol. The van der Waals surface area contributed by atoms with Crippen LogP contribution in [0.15, 0.2) is 65.0 Å². The molecule has 0 bridgehead atoms. The van der Waals surface area contributed by atoms with Gasteiger partial charge in [0, 0.05) is 10.9 Å². The number of nitrogens with zero attached hydrogens (tertiary/aromatic N) is 2. The molecule has 1 atom stereocenters. The van der Waals surface area contributed by atoms with Crippen LogP contribution < -0.4 is 15.6 Å². The number of fused-ring (bicyclic) bond motifs is 1. The van der Waals surface area contributed by atoms with Crippen LogP contribution in [0.4, 0.5) is 5.69 Å². The van der Waals surface area contributed by atoms with Gasteiger partial charge in [-0.1, -0.05) is 35.9 Å². The number of amides is 1. The predicted octanol–water partition coefficient (Wildman–Crippen LogP) is 5.38. The van der Waals surface area contributed by atoms with Crippen LogP contribution in [0.25, 0.3) is 21.3 Å². The molecule has 6 nitrogen and oxygen atoms in total. The van der Waals surface area contributed by atoms with Crippen molar-refractivity contribution in [2.75, 3.05) is 11.9 Å². The van der Waals surface area contributed by atoms with E-state index >= 15 is 0 Å². The van der Waals surface area contributed by atoms with E-state index in [4.69, 9.17) is 16.3 Å². The summed E-state index contributed by atoms with van der Waals surface area (Å²) in [7, 11) is 0. The van der Waals surface area contributed by atoms with Crippen LogP contribution in [-0.2, 0) is 4.79 Å². The molecule has 1 N–H and O–H groups in total. The van der Waals surface area contributed by atoms with Crippen LogP contribution in [-0.4, -0.2) is 22.1 Å². The lowest BCUT2D eigenvalue weighted by molar-refractivity contribution is -0.118. The Bertz CT molecular complexity index is 1300. The molecule has 8 heteroatoms. The molecule has 0 aliphatic heterocycles. The van der Waals surface area contributed by atoms with Crippen molar-refractivity contribution in [2.24, 2.45) is 0 Å². The lowest BCUT2D eigenvalue weighted by atomic mass is 10.1. The number of carbonyl (C=O) groups is 1. The summed E-state index contributed by atoms with van der Waals surface area (Å²) in [6.07, 6.45) is 1.42. The van der Waals surface area contributed by atoms with Crippen LogP contribution in [0, 0.1) is 0 Å². The number of para-hydroxylation sites is 1. The molecule has 0 fully saturated rings. The van der Waals surface area contributed by atoms with E-state index in [1.807, 2.05) is 36.6 Å². The fourth-order valence-electron chi connectivity index (χ4n) is 3.26. The summed E-state index contributed by atoms with van der Waals surface area (Å²) in [6, 6.07) is 13.8. The summed E-state index contributed by atoms with van der Waals surface area (Å²) in [6.45, 7) is 4.17. The fraction of sp³-hybridized carbons (Fsp3) is 0.174. The number of carbonyl (C=O) groups excluding carboxylic acids is 1. The molecule has 31 heavy (non-hydrogen) atoms. The van der Waals surface area contributed by atoms with Gasteiger partial charge in [0.05, 0.1) is 29.0 Å². The number of nitrogens with one attached hydrogen (secondary N) is 1. The lowest BCUT2D eigenvalue weighted by Gasteiger charge is -2.15. The summed E-state index contributed by atoms with van der Waals surface area (Å²) in [5.41, 5.74) is 1.90. The Hall–Kier alpha value is -3.16. The first-order chi connectivity index (χ1) is 15.0. The van der Waals surface area contributed by atoms with E-state index in [1.165, 1.54) is 22.2 Å². The van der Waals surface area contributed by atoms with E-state index in [0.29, 0.717) is 27.5 Å². The van der Waals surface area contributed by atoms with Crippen molar-refractivity contribution in [3.8, 4) is 16.9 Å². The Morgan fingerprint density at radius 3 is 2.68 bits per heavy atom. The normalized spacial score (nSPS) is 12.0. The average molecular weight is 454 g/mol. The molecule has 0 saturated carbocycles. The maximum Gasteiger partial charge on any atom is 0.263 e. The maximum absolute atomic E-state index is 13.3. The van der Waals surface area contributed by atoms with Crippen molar-refractivity contribution in [1.82, 2.24) is 9.55 Å². The summed E-state index contributed by atoms with van der Waals surface area (Å²) < 4.78 is 6.84. The molecule has 0 aliphatic carbocycles. The van der Waals surface area contributed by atoms with E-state index in [1.54, 1.807) is 31.2 Å². The molecule has 2 aromatic heterocycles. The van der Waals surface area contributed by atoms with Crippen molar-refractivity contribution in [3.05, 3.63) is 75.6 Å². The number of thiophene rings is 1. The number of halogens is 1. The SMILES string of the molecule is CCOc1ccc(-c2csc3ncn(C(C)C(=O)Nc4ccccc4Cl)c(=O)c23)cc1. The van der Waals surface area contributed by atoms with Gasteiger partial charge in [-0.25, -0.2) is 4.98 Å². The molecule has 1 amide bonds. The highest BCUT2D eigenvalue weighted by molar-refractivity contribution is 7.17. The van der Waals surface area contributed by atoms with Gasteiger partial charge in [0.2, 0.25) is 5.91 Å². The van der Waals surface area contributed by atoms with Gasteiger partial charge >= 0.3 is 0 Å². The molecule has 2 aromatic carbocycles. The molecule has 158 valence electrons. The van der Waals surface area contributed by atoms with E-state index in [2.05, 4.69) is 10.3 Å². The monoisotopic (exact) mass is 453 g/mol. The van der Waals surface area contributed by atoms with Gasteiger partial charge in [0.15, 0.2) is 0 Å². The number of aromatic nitrogens is 2. The van der Waals surface area contributed by atoms with E-state index in [0.717, 1.165) is 16.9 Å². The highest BCUT2D eigenvalue weighted by atomic mass is 35.5. The zero-order valence-electron chi connectivity index (χ0n) is 17.0. The van der Waals surface area contributed by atoms with E-state index in [9.17, 15) is 9.59 Å². The fourth-order valence-corrected chi connectivity index (χ4v) is 4.35. The largest absolute Gasteiger partial charge is 0.494 e. The van der Waals surface area contributed by atoms with Gasteiger partial charge in [-0.3, -0.25) is 14.2 Å². The first-order valence-corrected chi connectivity index (χ1v) is 11.0. The van der Waals surface area contributed by atoms with Crippen molar-refractivity contribution >= 4 is 44.7 Å². The molecule has 0 radical (unpaired) electrons. The maximum atomic E-state index is 13.3. The smallest absolute Gasteiger partial charge is 0.263 e. The van der Waals surface area contributed by atoms with Gasteiger partial charge < -0.3 is 10.1 Å². The summed E-state index contributed by atoms with van der Waals surface area (Å²) in [5, 5.41) is 5.61. The second-order valence-corrected chi connectivity index (χ2v) is 8.15. The molecule has 1 unspecified atom stereocenters. The highest BCUT2D eigenvalue weighted by Gasteiger charge is 2.21.